The molecule has 0 unspecified atom stereocenters. The number of rotatable bonds is 3. The first-order valence-electron chi connectivity index (χ1n) is 5.11. The lowest BCUT2D eigenvalue weighted by molar-refractivity contribution is -0.385. The predicted molar refractivity (Wildman–Crippen MR) is 63.8 cm³/mol. The van der Waals surface area contributed by atoms with Crippen LogP contribution in [0, 0.1) is 21.4 Å². The molecule has 2 aromatic rings. The number of nitro groups is 1. The van der Waals surface area contributed by atoms with Crippen LogP contribution in [-0.4, -0.2) is 15.0 Å². The number of ether oxygens (including phenoxy) is 1. The maximum absolute atomic E-state index is 10.6. The van der Waals surface area contributed by atoms with Gasteiger partial charge in [0.15, 0.2) is 0 Å². The Labute approximate surface area is 107 Å². The summed E-state index contributed by atoms with van der Waals surface area (Å²) in [6.45, 7) is 0. The second-order valence-electron chi connectivity index (χ2n) is 3.51. The molecule has 1 N–H and O–H groups in total. The fourth-order valence-electron chi connectivity index (χ4n) is 1.36. The van der Waals surface area contributed by atoms with Crippen molar-refractivity contribution in [3.8, 4) is 23.4 Å². The Bertz CT molecular complexity index is 679. The van der Waals surface area contributed by atoms with Gasteiger partial charge in [0.2, 0.25) is 5.88 Å². The van der Waals surface area contributed by atoms with Gasteiger partial charge in [-0.3, -0.25) is 10.1 Å². The standard InChI is InChI=1S/C12H7N3O4/c13-6-8-4-9(15(17)18)7-14-12(8)19-11-3-1-2-10(16)5-11/h1-5,7,16H. The van der Waals surface area contributed by atoms with Gasteiger partial charge in [-0.25, -0.2) is 4.98 Å². The van der Waals surface area contributed by atoms with Gasteiger partial charge >= 0.3 is 0 Å². The lowest BCUT2D eigenvalue weighted by Gasteiger charge is -2.05. The number of aromatic hydroxyl groups is 1. The van der Waals surface area contributed by atoms with Crippen molar-refractivity contribution in [1.82, 2.24) is 4.98 Å². The minimum atomic E-state index is -0.647. The Hall–Kier alpha value is -3.14. The summed E-state index contributed by atoms with van der Waals surface area (Å²) in [4.78, 5) is 13.6. The van der Waals surface area contributed by atoms with Crippen molar-refractivity contribution >= 4 is 5.69 Å². The summed E-state index contributed by atoms with van der Waals surface area (Å²) < 4.78 is 5.30. The van der Waals surface area contributed by atoms with Gasteiger partial charge in [0.1, 0.15) is 29.3 Å². The molecule has 7 nitrogen and oxygen atoms in total. The van der Waals surface area contributed by atoms with Crippen LogP contribution in [0.2, 0.25) is 0 Å². The maximum atomic E-state index is 10.6. The SMILES string of the molecule is N#Cc1cc([N+](=O)[O-])cnc1Oc1cccc(O)c1. The summed E-state index contributed by atoms with van der Waals surface area (Å²) in [5, 5.41) is 28.8. The van der Waals surface area contributed by atoms with Crippen LogP contribution in [0.15, 0.2) is 36.5 Å². The van der Waals surface area contributed by atoms with Gasteiger partial charge in [-0.05, 0) is 12.1 Å². The molecule has 0 amide bonds. The van der Waals surface area contributed by atoms with Crippen molar-refractivity contribution < 1.29 is 14.8 Å². The van der Waals surface area contributed by atoms with E-state index in [4.69, 9.17) is 10.00 Å². The molecule has 0 aliphatic heterocycles. The average molecular weight is 257 g/mol. The average Bonchev–Trinajstić information content (AvgIpc) is 2.39. The van der Waals surface area contributed by atoms with Crippen molar-refractivity contribution in [3.05, 3.63) is 52.2 Å². The summed E-state index contributed by atoms with van der Waals surface area (Å²) in [6.07, 6.45) is 0.999. The summed E-state index contributed by atoms with van der Waals surface area (Å²) in [5.41, 5.74) is -0.350. The van der Waals surface area contributed by atoms with E-state index < -0.39 is 4.92 Å². The Kier molecular flexibility index (Phi) is 3.25. The zero-order valence-corrected chi connectivity index (χ0v) is 9.48. The molecule has 1 heterocycles. The molecule has 0 saturated heterocycles. The molecule has 94 valence electrons. The van der Waals surface area contributed by atoms with E-state index in [0.717, 1.165) is 12.3 Å². The van der Waals surface area contributed by atoms with Gasteiger partial charge < -0.3 is 9.84 Å². The monoisotopic (exact) mass is 257 g/mol. The normalized spacial score (nSPS) is 9.63. The van der Waals surface area contributed by atoms with E-state index in [1.807, 2.05) is 0 Å². The van der Waals surface area contributed by atoms with Crippen molar-refractivity contribution in [1.29, 1.82) is 5.26 Å². The van der Waals surface area contributed by atoms with E-state index in [1.54, 1.807) is 18.2 Å². The third-order valence-corrected chi connectivity index (χ3v) is 2.20. The van der Waals surface area contributed by atoms with Crippen molar-refractivity contribution in [3.63, 3.8) is 0 Å². The van der Waals surface area contributed by atoms with Gasteiger partial charge in [0.25, 0.3) is 5.69 Å². The number of hydrogen-bond acceptors (Lipinski definition) is 6. The van der Waals surface area contributed by atoms with Crippen LogP contribution >= 0.6 is 0 Å². The number of aromatic nitrogens is 1. The minimum absolute atomic E-state index is 0.00193. The minimum Gasteiger partial charge on any atom is -0.508 e. The smallest absolute Gasteiger partial charge is 0.289 e. The topological polar surface area (TPSA) is 109 Å². The highest BCUT2D eigenvalue weighted by molar-refractivity contribution is 5.47. The number of pyridine rings is 1. The Morgan fingerprint density at radius 2 is 2.21 bits per heavy atom. The number of nitriles is 1. The molecule has 2 rings (SSSR count). The highest BCUT2D eigenvalue weighted by Gasteiger charge is 2.13. The zero-order chi connectivity index (χ0) is 13.8. The first-order chi connectivity index (χ1) is 9.10. The van der Waals surface area contributed by atoms with Crippen LogP contribution < -0.4 is 4.74 Å². The largest absolute Gasteiger partial charge is 0.508 e. The molecule has 7 heteroatoms. The molecule has 0 aliphatic carbocycles. The van der Waals surface area contributed by atoms with Crippen LogP contribution in [0.3, 0.4) is 0 Å². The quantitative estimate of drug-likeness (QED) is 0.667. The molecule has 0 bridgehead atoms. The Balaban J connectivity index is 2.36. The molecule has 0 saturated carbocycles. The molecule has 0 aliphatic rings. The fraction of sp³-hybridized carbons (Fsp3) is 0. The molecule has 0 atom stereocenters. The lowest BCUT2D eigenvalue weighted by atomic mass is 10.2. The summed E-state index contributed by atoms with van der Waals surface area (Å²) in [6, 6.07) is 8.76. The van der Waals surface area contributed by atoms with Crippen LogP contribution in [0.4, 0.5) is 5.69 Å². The number of hydrogen-bond donors (Lipinski definition) is 1. The highest BCUT2D eigenvalue weighted by Crippen LogP contribution is 2.27. The second kappa shape index (κ2) is 5.01. The molecular formula is C12H7N3O4. The molecular weight excluding hydrogens is 250 g/mol. The summed E-state index contributed by atoms with van der Waals surface area (Å²) in [7, 11) is 0. The molecule has 1 aromatic heterocycles. The first kappa shape index (κ1) is 12.3. The van der Waals surface area contributed by atoms with Crippen molar-refractivity contribution in [2.75, 3.05) is 0 Å². The number of phenols is 1. The predicted octanol–water partition coefficient (Wildman–Crippen LogP) is 2.36. The third-order valence-electron chi connectivity index (χ3n) is 2.20. The van der Waals surface area contributed by atoms with Gasteiger partial charge in [-0.15, -0.1) is 0 Å². The molecule has 19 heavy (non-hydrogen) atoms. The van der Waals surface area contributed by atoms with E-state index in [-0.39, 0.29) is 28.6 Å². The summed E-state index contributed by atoms with van der Waals surface area (Å²) >= 11 is 0. The van der Waals surface area contributed by atoms with Gasteiger partial charge in [0, 0.05) is 12.1 Å². The fourth-order valence-corrected chi connectivity index (χ4v) is 1.36. The van der Waals surface area contributed by atoms with E-state index >= 15 is 0 Å². The molecule has 0 fully saturated rings. The van der Waals surface area contributed by atoms with Crippen molar-refractivity contribution in [2.24, 2.45) is 0 Å². The Morgan fingerprint density at radius 3 is 2.84 bits per heavy atom. The molecule has 0 spiro atoms. The van der Waals surface area contributed by atoms with E-state index in [2.05, 4.69) is 4.98 Å². The Morgan fingerprint density at radius 1 is 1.42 bits per heavy atom. The van der Waals surface area contributed by atoms with Crippen LogP contribution in [0.25, 0.3) is 0 Å². The van der Waals surface area contributed by atoms with Crippen LogP contribution in [0.1, 0.15) is 5.56 Å². The van der Waals surface area contributed by atoms with E-state index in [1.165, 1.54) is 12.1 Å². The van der Waals surface area contributed by atoms with E-state index in [0.29, 0.717) is 0 Å². The highest BCUT2D eigenvalue weighted by atomic mass is 16.6. The number of benzene rings is 1. The zero-order valence-electron chi connectivity index (χ0n) is 9.48. The van der Waals surface area contributed by atoms with Crippen molar-refractivity contribution in [2.45, 2.75) is 0 Å². The molecule has 0 radical (unpaired) electrons. The summed E-state index contributed by atoms with van der Waals surface area (Å²) in [5.74, 6) is 0.217. The molecule has 1 aromatic carbocycles. The number of phenolic OH excluding ortho intramolecular Hbond substituents is 1. The van der Waals surface area contributed by atoms with Crippen LogP contribution in [-0.2, 0) is 0 Å². The van der Waals surface area contributed by atoms with E-state index in [9.17, 15) is 15.2 Å². The first-order valence-corrected chi connectivity index (χ1v) is 5.11. The van der Waals surface area contributed by atoms with Gasteiger partial charge in [-0.1, -0.05) is 6.07 Å². The van der Waals surface area contributed by atoms with Crippen LogP contribution in [0.5, 0.6) is 17.4 Å². The lowest BCUT2D eigenvalue weighted by Crippen LogP contribution is -1.95. The number of nitrogens with zero attached hydrogens (tertiary/aromatic N) is 3. The van der Waals surface area contributed by atoms with Gasteiger partial charge in [0.05, 0.1) is 4.92 Å². The second-order valence-corrected chi connectivity index (χ2v) is 3.51. The van der Waals surface area contributed by atoms with Gasteiger partial charge in [-0.2, -0.15) is 5.26 Å². The third kappa shape index (κ3) is 2.76. The maximum Gasteiger partial charge on any atom is 0.289 e.